The molecule has 0 bridgehead atoms. The van der Waals surface area contributed by atoms with E-state index in [9.17, 15) is 9.59 Å². The quantitative estimate of drug-likeness (QED) is 0.882. The molecule has 1 amide bonds. The van der Waals surface area contributed by atoms with Crippen LogP contribution in [0, 0.1) is 6.92 Å². The molecule has 6 heteroatoms. The first-order valence-corrected chi connectivity index (χ1v) is 6.59. The van der Waals surface area contributed by atoms with E-state index in [0.717, 1.165) is 5.56 Å². The molecule has 1 N–H and O–H groups in total. The fourth-order valence-electron chi connectivity index (χ4n) is 1.62. The maximum absolute atomic E-state index is 11.8. The van der Waals surface area contributed by atoms with Crippen LogP contribution in [-0.4, -0.2) is 23.5 Å². The highest BCUT2D eigenvalue weighted by Gasteiger charge is 2.12. The monoisotopic (exact) mass is 304 g/mol. The van der Waals surface area contributed by atoms with E-state index in [0.29, 0.717) is 10.7 Å². The van der Waals surface area contributed by atoms with Crippen LogP contribution in [0.4, 0.5) is 5.69 Å². The average Bonchev–Trinajstić information content (AvgIpc) is 2.50. The highest BCUT2D eigenvalue weighted by Crippen LogP contribution is 2.22. The molecule has 0 unspecified atom stereocenters. The van der Waals surface area contributed by atoms with Gasteiger partial charge in [0.2, 0.25) is 0 Å². The minimum atomic E-state index is -0.645. The van der Waals surface area contributed by atoms with Crippen molar-refractivity contribution in [2.24, 2.45) is 0 Å². The zero-order valence-corrected chi connectivity index (χ0v) is 12.1. The van der Waals surface area contributed by atoms with Gasteiger partial charge in [-0.25, -0.2) is 9.78 Å². The molecular weight excluding hydrogens is 292 g/mol. The first kappa shape index (κ1) is 15.0. The topological polar surface area (TPSA) is 68.3 Å². The van der Waals surface area contributed by atoms with Gasteiger partial charge in [0.05, 0.1) is 0 Å². The van der Waals surface area contributed by atoms with Crippen molar-refractivity contribution in [1.29, 1.82) is 0 Å². The highest BCUT2D eigenvalue weighted by molar-refractivity contribution is 6.31. The van der Waals surface area contributed by atoms with Crippen LogP contribution < -0.4 is 5.32 Å². The number of anilines is 1. The van der Waals surface area contributed by atoms with Crippen molar-refractivity contribution in [3.05, 3.63) is 58.9 Å². The average molecular weight is 305 g/mol. The van der Waals surface area contributed by atoms with Crippen LogP contribution in [0.2, 0.25) is 5.02 Å². The molecule has 0 fully saturated rings. The number of nitrogens with zero attached hydrogens (tertiary/aromatic N) is 1. The Bertz CT molecular complexity index is 659. The summed E-state index contributed by atoms with van der Waals surface area (Å²) in [6.45, 7) is 1.40. The van der Waals surface area contributed by atoms with E-state index in [2.05, 4.69) is 10.3 Å². The number of amides is 1. The maximum Gasteiger partial charge on any atom is 0.357 e. The van der Waals surface area contributed by atoms with E-state index in [4.69, 9.17) is 16.3 Å². The van der Waals surface area contributed by atoms with Crippen molar-refractivity contribution >= 4 is 29.2 Å². The van der Waals surface area contributed by atoms with E-state index in [1.807, 2.05) is 0 Å². The molecule has 0 saturated carbocycles. The molecule has 0 aliphatic rings. The normalized spacial score (nSPS) is 10.0. The number of aromatic nitrogens is 1. The lowest BCUT2D eigenvalue weighted by Crippen LogP contribution is -2.21. The number of rotatable bonds is 4. The number of hydrogen-bond donors (Lipinski definition) is 1. The summed E-state index contributed by atoms with van der Waals surface area (Å²) in [7, 11) is 0. The second-order valence-corrected chi connectivity index (χ2v) is 4.66. The van der Waals surface area contributed by atoms with Crippen molar-refractivity contribution < 1.29 is 14.3 Å². The summed E-state index contributed by atoms with van der Waals surface area (Å²) in [5, 5.41) is 3.19. The molecule has 0 aliphatic heterocycles. The third-order valence-electron chi connectivity index (χ3n) is 2.75. The molecule has 0 spiro atoms. The van der Waals surface area contributed by atoms with Gasteiger partial charge in [0.1, 0.15) is 5.69 Å². The number of carbonyl (C=O) groups excluding carboxylic acids is 2. The van der Waals surface area contributed by atoms with Crippen LogP contribution >= 0.6 is 11.6 Å². The van der Waals surface area contributed by atoms with Crippen LogP contribution in [0.15, 0.2) is 42.6 Å². The fraction of sp³-hybridized carbons (Fsp3) is 0.133. The molecule has 1 heterocycles. The Morgan fingerprint density at radius 1 is 1.24 bits per heavy atom. The van der Waals surface area contributed by atoms with Gasteiger partial charge in [-0.1, -0.05) is 23.7 Å². The summed E-state index contributed by atoms with van der Waals surface area (Å²) in [6, 6.07) is 10.0. The van der Waals surface area contributed by atoms with Crippen molar-refractivity contribution in [1.82, 2.24) is 4.98 Å². The summed E-state index contributed by atoms with van der Waals surface area (Å²) in [5.74, 6) is -1.08. The number of ether oxygens (including phenoxy) is 1. The molecule has 0 saturated heterocycles. The summed E-state index contributed by atoms with van der Waals surface area (Å²) >= 11 is 5.96. The lowest BCUT2D eigenvalue weighted by Gasteiger charge is -2.09. The van der Waals surface area contributed by atoms with Gasteiger partial charge in [-0.15, -0.1) is 0 Å². The minimum absolute atomic E-state index is 0.157. The number of nitrogens with one attached hydrogen (secondary N) is 1. The number of carbonyl (C=O) groups is 2. The lowest BCUT2D eigenvalue weighted by molar-refractivity contribution is -0.119. The van der Waals surface area contributed by atoms with Gasteiger partial charge in [0, 0.05) is 16.9 Å². The molecule has 0 atom stereocenters. The maximum atomic E-state index is 11.8. The first-order chi connectivity index (χ1) is 10.1. The number of pyridine rings is 1. The molecule has 1 aromatic heterocycles. The Balaban J connectivity index is 1.91. The molecule has 2 aromatic rings. The van der Waals surface area contributed by atoms with Crippen LogP contribution in [0.3, 0.4) is 0 Å². The van der Waals surface area contributed by atoms with Gasteiger partial charge in [0.25, 0.3) is 5.91 Å². The van der Waals surface area contributed by atoms with E-state index < -0.39 is 11.9 Å². The van der Waals surface area contributed by atoms with Gasteiger partial charge < -0.3 is 10.1 Å². The summed E-state index contributed by atoms with van der Waals surface area (Å²) < 4.78 is 4.89. The predicted octanol–water partition coefficient (Wildman–Crippen LogP) is 2.84. The van der Waals surface area contributed by atoms with E-state index in [-0.39, 0.29) is 12.3 Å². The zero-order valence-electron chi connectivity index (χ0n) is 11.3. The smallest absolute Gasteiger partial charge is 0.357 e. The molecule has 0 aliphatic carbocycles. The van der Waals surface area contributed by atoms with Crippen molar-refractivity contribution in [2.75, 3.05) is 11.9 Å². The molecular formula is C15H13ClN2O3. The number of benzene rings is 1. The van der Waals surface area contributed by atoms with E-state index >= 15 is 0 Å². The van der Waals surface area contributed by atoms with E-state index in [1.165, 1.54) is 12.3 Å². The van der Waals surface area contributed by atoms with Crippen LogP contribution in [-0.2, 0) is 9.53 Å². The first-order valence-electron chi connectivity index (χ1n) is 6.21. The third-order valence-corrected chi connectivity index (χ3v) is 3.16. The van der Waals surface area contributed by atoms with Gasteiger partial charge in [0.15, 0.2) is 6.61 Å². The molecule has 2 rings (SSSR count). The van der Waals surface area contributed by atoms with Crippen LogP contribution in [0.5, 0.6) is 0 Å². The fourth-order valence-corrected chi connectivity index (χ4v) is 1.79. The minimum Gasteiger partial charge on any atom is -0.451 e. The highest BCUT2D eigenvalue weighted by atomic mass is 35.5. The van der Waals surface area contributed by atoms with Gasteiger partial charge in [-0.2, -0.15) is 0 Å². The van der Waals surface area contributed by atoms with Gasteiger partial charge >= 0.3 is 5.97 Å². The molecule has 108 valence electrons. The van der Waals surface area contributed by atoms with Crippen molar-refractivity contribution in [3.8, 4) is 0 Å². The Hall–Kier alpha value is -2.40. The number of hydrogen-bond acceptors (Lipinski definition) is 4. The zero-order chi connectivity index (χ0) is 15.2. The lowest BCUT2D eigenvalue weighted by atomic mass is 10.2. The summed E-state index contributed by atoms with van der Waals surface area (Å²) in [5.41, 5.74) is 1.49. The second-order valence-electron chi connectivity index (χ2n) is 4.25. The Morgan fingerprint density at radius 3 is 2.76 bits per heavy atom. The van der Waals surface area contributed by atoms with E-state index in [1.54, 1.807) is 37.3 Å². The summed E-state index contributed by atoms with van der Waals surface area (Å²) in [4.78, 5) is 27.2. The predicted molar refractivity (Wildman–Crippen MR) is 79.3 cm³/mol. The standard InChI is InChI=1S/C15H13ClN2O3/c1-10-11(16)5-4-7-12(10)18-14(19)9-21-15(20)13-6-2-3-8-17-13/h2-8H,9H2,1H3,(H,18,19). The molecule has 1 aromatic carbocycles. The van der Waals surface area contributed by atoms with Crippen molar-refractivity contribution in [3.63, 3.8) is 0 Å². The largest absolute Gasteiger partial charge is 0.451 e. The molecule has 21 heavy (non-hydrogen) atoms. The summed E-state index contributed by atoms with van der Waals surface area (Å²) in [6.07, 6.45) is 1.48. The van der Waals surface area contributed by atoms with Gasteiger partial charge in [-0.05, 0) is 36.8 Å². The Morgan fingerprint density at radius 2 is 2.05 bits per heavy atom. The number of halogens is 1. The van der Waals surface area contributed by atoms with Crippen LogP contribution in [0.1, 0.15) is 16.1 Å². The number of esters is 1. The molecule has 0 radical (unpaired) electrons. The van der Waals surface area contributed by atoms with Crippen LogP contribution in [0.25, 0.3) is 0 Å². The second kappa shape index (κ2) is 6.85. The van der Waals surface area contributed by atoms with Gasteiger partial charge in [-0.3, -0.25) is 4.79 Å². The molecule has 5 nitrogen and oxygen atoms in total. The van der Waals surface area contributed by atoms with Crippen molar-refractivity contribution in [2.45, 2.75) is 6.92 Å². The SMILES string of the molecule is Cc1c(Cl)cccc1NC(=O)COC(=O)c1ccccn1. The third kappa shape index (κ3) is 4.03. The Kier molecular flexibility index (Phi) is 4.90. The Labute approximate surface area is 126 Å².